The molecule has 2 rings (SSSR count). The van der Waals surface area contributed by atoms with Gasteiger partial charge in [0.15, 0.2) is 0 Å². The average molecular weight is 245 g/mol. The minimum absolute atomic E-state index is 0.0558. The van der Waals surface area contributed by atoms with Crippen LogP contribution in [0.15, 0.2) is 23.7 Å². The molecule has 0 unspecified atom stereocenters. The summed E-state index contributed by atoms with van der Waals surface area (Å²) < 4.78 is 1.94. The molecule has 2 heterocycles. The maximum Gasteiger partial charge on any atom is 0.106 e. The van der Waals surface area contributed by atoms with Gasteiger partial charge in [-0.05, 0) is 32.2 Å². The van der Waals surface area contributed by atoms with E-state index in [1.807, 2.05) is 28.4 Å². The smallest absolute Gasteiger partial charge is 0.106 e. The van der Waals surface area contributed by atoms with Gasteiger partial charge in [-0.3, -0.25) is 4.68 Å². The third kappa shape index (κ3) is 2.40. The summed E-state index contributed by atoms with van der Waals surface area (Å²) in [5.74, 6) is 0. The summed E-state index contributed by atoms with van der Waals surface area (Å²) in [7, 11) is 0. The van der Waals surface area contributed by atoms with E-state index >= 15 is 0 Å². The number of nitrogens with zero attached hydrogens (tertiary/aromatic N) is 3. The molecule has 88 valence electrons. The van der Waals surface area contributed by atoms with E-state index in [9.17, 15) is 0 Å². The molecule has 3 nitrogen and oxygen atoms in total. The molecule has 0 aromatic carbocycles. The van der Waals surface area contributed by atoms with E-state index in [1.54, 1.807) is 11.3 Å². The highest BCUT2D eigenvalue weighted by Gasteiger charge is 2.19. The second kappa shape index (κ2) is 4.34. The fourth-order valence-corrected chi connectivity index (χ4v) is 2.33. The topological polar surface area (TPSA) is 41.6 Å². The summed E-state index contributed by atoms with van der Waals surface area (Å²) in [5.41, 5.74) is 1.89. The van der Waals surface area contributed by atoms with Gasteiger partial charge in [-0.1, -0.05) is 6.07 Å². The summed E-state index contributed by atoms with van der Waals surface area (Å²) in [5, 5.41) is 15.5. The minimum Gasteiger partial charge on any atom is -0.267 e. The van der Waals surface area contributed by atoms with Crippen LogP contribution < -0.4 is 0 Å². The highest BCUT2D eigenvalue weighted by Crippen LogP contribution is 2.28. The van der Waals surface area contributed by atoms with Gasteiger partial charge in [-0.2, -0.15) is 10.4 Å². The Bertz CT molecular complexity index is 538. The van der Waals surface area contributed by atoms with Crippen molar-refractivity contribution in [3.8, 4) is 16.6 Å². The van der Waals surface area contributed by atoms with Gasteiger partial charge in [0.2, 0.25) is 0 Å². The van der Waals surface area contributed by atoms with Crippen LogP contribution in [-0.2, 0) is 12.0 Å². The first kappa shape index (κ1) is 11.9. The number of nitriles is 1. The van der Waals surface area contributed by atoms with Crippen molar-refractivity contribution in [2.24, 2.45) is 0 Å². The summed E-state index contributed by atoms with van der Waals surface area (Å²) in [6, 6.07) is 6.25. The summed E-state index contributed by atoms with van der Waals surface area (Å²) >= 11 is 1.65. The minimum atomic E-state index is -0.0558. The first-order chi connectivity index (χ1) is 8.02. The molecule has 0 N–H and O–H groups in total. The van der Waals surface area contributed by atoms with E-state index in [1.165, 1.54) is 0 Å². The monoisotopic (exact) mass is 245 g/mol. The molecule has 0 aliphatic heterocycles. The number of hydrogen-bond donors (Lipinski definition) is 0. The van der Waals surface area contributed by atoms with Gasteiger partial charge in [0, 0.05) is 11.8 Å². The van der Waals surface area contributed by atoms with Gasteiger partial charge >= 0.3 is 0 Å². The number of hydrogen-bond acceptors (Lipinski definition) is 3. The van der Waals surface area contributed by atoms with Crippen LogP contribution in [0.5, 0.6) is 0 Å². The summed E-state index contributed by atoms with van der Waals surface area (Å²) in [6.45, 7) is 6.32. The second-order valence-corrected chi connectivity index (χ2v) is 5.88. The van der Waals surface area contributed by atoms with E-state index in [0.29, 0.717) is 6.42 Å². The van der Waals surface area contributed by atoms with Gasteiger partial charge < -0.3 is 0 Å². The fraction of sp³-hybridized carbons (Fsp3) is 0.385. The van der Waals surface area contributed by atoms with Crippen molar-refractivity contribution >= 4 is 11.3 Å². The van der Waals surface area contributed by atoms with Crippen LogP contribution in [0.2, 0.25) is 0 Å². The summed E-state index contributed by atoms with van der Waals surface area (Å²) in [6.07, 6.45) is 2.39. The van der Waals surface area contributed by atoms with Crippen molar-refractivity contribution < 1.29 is 0 Å². The SMILES string of the molecule is CC(C)(C)n1cc(CC#N)c(-c2cccs2)n1. The van der Waals surface area contributed by atoms with Crippen LogP contribution in [0.25, 0.3) is 10.6 Å². The zero-order valence-electron chi connectivity index (χ0n) is 10.3. The van der Waals surface area contributed by atoms with Crippen LogP contribution in [0.1, 0.15) is 26.3 Å². The van der Waals surface area contributed by atoms with Gasteiger partial charge in [-0.25, -0.2) is 0 Å². The summed E-state index contributed by atoms with van der Waals surface area (Å²) in [4.78, 5) is 1.12. The van der Waals surface area contributed by atoms with E-state index < -0.39 is 0 Å². The molecule has 0 amide bonds. The Balaban J connectivity index is 2.51. The molecule has 0 radical (unpaired) electrons. The van der Waals surface area contributed by atoms with Crippen molar-refractivity contribution in [2.45, 2.75) is 32.7 Å². The standard InChI is InChI=1S/C13H15N3S/c1-13(2,3)16-9-10(6-7-14)12(15-16)11-5-4-8-17-11/h4-5,8-9H,6H2,1-3H3. The third-order valence-electron chi connectivity index (χ3n) is 2.50. The Morgan fingerprint density at radius 3 is 2.76 bits per heavy atom. The van der Waals surface area contributed by atoms with Crippen LogP contribution in [-0.4, -0.2) is 9.78 Å². The number of rotatable bonds is 2. The van der Waals surface area contributed by atoms with Gasteiger partial charge in [0.25, 0.3) is 0 Å². The predicted molar refractivity (Wildman–Crippen MR) is 69.9 cm³/mol. The Hall–Kier alpha value is -1.60. The first-order valence-corrected chi connectivity index (χ1v) is 6.40. The van der Waals surface area contributed by atoms with Crippen LogP contribution in [0.4, 0.5) is 0 Å². The Morgan fingerprint density at radius 2 is 2.24 bits per heavy atom. The molecule has 0 aliphatic carbocycles. The molecule has 2 aromatic heterocycles. The largest absolute Gasteiger partial charge is 0.267 e. The maximum absolute atomic E-state index is 8.87. The number of thiophene rings is 1. The molecule has 0 aliphatic rings. The van der Waals surface area contributed by atoms with Crippen molar-refractivity contribution in [3.05, 3.63) is 29.3 Å². The Kier molecular flexibility index (Phi) is 3.03. The Labute approximate surface area is 105 Å². The van der Waals surface area contributed by atoms with Gasteiger partial charge in [-0.15, -0.1) is 11.3 Å². The molecule has 0 spiro atoms. The van der Waals surface area contributed by atoms with E-state index in [0.717, 1.165) is 16.1 Å². The zero-order chi connectivity index (χ0) is 12.5. The number of aromatic nitrogens is 2. The molecule has 0 saturated heterocycles. The van der Waals surface area contributed by atoms with Crippen molar-refractivity contribution in [1.82, 2.24) is 9.78 Å². The molecule has 0 atom stereocenters. The molecule has 0 fully saturated rings. The van der Waals surface area contributed by atoms with E-state index in [4.69, 9.17) is 5.26 Å². The quantitative estimate of drug-likeness (QED) is 0.813. The predicted octanol–water partition coefficient (Wildman–Crippen LogP) is 3.43. The van der Waals surface area contributed by atoms with E-state index in [2.05, 4.69) is 31.9 Å². The highest BCUT2D eigenvalue weighted by molar-refractivity contribution is 7.13. The van der Waals surface area contributed by atoms with Crippen molar-refractivity contribution in [2.75, 3.05) is 0 Å². The molecule has 2 aromatic rings. The molecule has 0 saturated carbocycles. The van der Waals surface area contributed by atoms with Crippen LogP contribution >= 0.6 is 11.3 Å². The third-order valence-corrected chi connectivity index (χ3v) is 3.38. The van der Waals surface area contributed by atoms with Crippen LogP contribution in [0, 0.1) is 11.3 Å². The lowest BCUT2D eigenvalue weighted by Gasteiger charge is -2.18. The van der Waals surface area contributed by atoms with E-state index in [-0.39, 0.29) is 5.54 Å². The van der Waals surface area contributed by atoms with Crippen LogP contribution in [0.3, 0.4) is 0 Å². The molecular formula is C13H15N3S. The lowest BCUT2D eigenvalue weighted by Crippen LogP contribution is -2.22. The average Bonchev–Trinajstić information content (AvgIpc) is 2.83. The highest BCUT2D eigenvalue weighted by atomic mass is 32.1. The molecular weight excluding hydrogens is 230 g/mol. The fourth-order valence-electron chi connectivity index (χ4n) is 1.59. The Morgan fingerprint density at radius 1 is 1.47 bits per heavy atom. The van der Waals surface area contributed by atoms with Gasteiger partial charge in [0.05, 0.1) is 22.9 Å². The molecule has 0 bridgehead atoms. The maximum atomic E-state index is 8.87. The van der Waals surface area contributed by atoms with Crippen molar-refractivity contribution in [1.29, 1.82) is 5.26 Å². The second-order valence-electron chi connectivity index (χ2n) is 4.93. The normalized spacial score (nSPS) is 11.4. The first-order valence-electron chi connectivity index (χ1n) is 5.52. The van der Waals surface area contributed by atoms with Crippen molar-refractivity contribution in [3.63, 3.8) is 0 Å². The zero-order valence-corrected chi connectivity index (χ0v) is 11.1. The lowest BCUT2D eigenvalue weighted by atomic mass is 10.1. The lowest BCUT2D eigenvalue weighted by molar-refractivity contribution is 0.356. The molecule has 4 heteroatoms. The molecule has 17 heavy (non-hydrogen) atoms. The van der Waals surface area contributed by atoms with Gasteiger partial charge in [0.1, 0.15) is 5.69 Å².